The molecule has 0 aromatic heterocycles. The number of nitrogens with two attached hydrogens (primary N) is 1. The Morgan fingerprint density at radius 3 is 2.89 bits per heavy atom. The minimum atomic E-state index is 0.149. The van der Waals surface area contributed by atoms with Gasteiger partial charge < -0.3 is 10.6 Å². The van der Waals surface area contributed by atoms with E-state index in [2.05, 4.69) is 30.0 Å². The van der Waals surface area contributed by atoms with Crippen molar-refractivity contribution in [1.29, 1.82) is 0 Å². The standard InChI is InChI=1S/C14H22ClN3/c1-17-6-7-18(2)14(10-17)13(16)9-11-4-3-5-12(15)8-11/h3-5,8,13-14H,6-7,9-10,16H2,1-2H3. The Morgan fingerprint density at radius 1 is 1.39 bits per heavy atom. The summed E-state index contributed by atoms with van der Waals surface area (Å²) in [5.41, 5.74) is 7.59. The lowest BCUT2D eigenvalue weighted by Gasteiger charge is -2.40. The van der Waals surface area contributed by atoms with E-state index in [9.17, 15) is 0 Å². The van der Waals surface area contributed by atoms with E-state index in [1.54, 1.807) is 0 Å². The van der Waals surface area contributed by atoms with Gasteiger partial charge in [0.2, 0.25) is 0 Å². The summed E-state index contributed by atoms with van der Waals surface area (Å²) in [7, 11) is 4.32. The van der Waals surface area contributed by atoms with Gasteiger partial charge in [-0.15, -0.1) is 0 Å². The molecule has 1 saturated heterocycles. The Bertz CT molecular complexity index is 396. The minimum absolute atomic E-state index is 0.149. The fourth-order valence-electron chi connectivity index (χ4n) is 2.58. The normalized spacial score (nSPS) is 24.1. The second-order valence-electron chi connectivity index (χ2n) is 5.31. The molecular weight excluding hydrogens is 246 g/mol. The van der Waals surface area contributed by atoms with Crippen LogP contribution in [0.5, 0.6) is 0 Å². The van der Waals surface area contributed by atoms with Crippen molar-refractivity contribution in [2.24, 2.45) is 5.73 Å². The first-order valence-corrected chi connectivity index (χ1v) is 6.83. The quantitative estimate of drug-likeness (QED) is 0.900. The van der Waals surface area contributed by atoms with Gasteiger partial charge in [-0.2, -0.15) is 0 Å². The summed E-state index contributed by atoms with van der Waals surface area (Å²) < 4.78 is 0. The fourth-order valence-corrected chi connectivity index (χ4v) is 2.79. The van der Waals surface area contributed by atoms with Crippen LogP contribution in [0.25, 0.3) is 0 Å². The maximum Gasteiger partial charge on any atom is 0.0408 e. The van der Waals surface area contributed by atoms with E-state index in [4.69, 9.17) is 17.3 Å². The molecule has 1 aromatic carbocycles. The molecule has 1 fully saturated rings. The molecule has 0 saturated carbocycles. The fraction of sp³-hybridized carbons (Fsp3) is 0.571. The summed E-state index contributed by atoms with van der Waals surface area (Å²) in [5.74, 6) is 0. The van der Waals surface area contributed by atoms with Crippen molar-refractivity contribution < 1.29 is 0 Å². The van der Waals surface area contributed by atoms with Crippen molar-refractivity contribution in [1.82, 2.24) is 9.80 Å². The first kappa shape index (κ1) is 13.8. The highest BCUT2D eigenvalue weighted by Gasteiger charge is 2.27. The predicted molar refractivity (Wildman–Crippen MR) is 77.0 cm³/mol. The van der Waals surface area contributed by atoms with Crippen molar-refractivity contribution in [2.45, 2.75) is 18.5 Å². The summed E-state index contributed by atoms with van der Waals surface area (Å²) in [6.45, 7) is 3.25. The van der Waals surface area contributed by atoms with Gasteiger partial charge in [0.1, 0.15) is 0 Å². The second kappa shape index (κ2) is 6.02. The molecule has 0 radical (unpaired) electrons. The van der Waals surface area contributed by atoms with Gasteiger partial charge in [0.05, 0.1) is 0 Å². The molecule has 0 spiro atoms. The first-order valence-electron chi connectivity index (χ1n) is 6.45. The molecule has 4 heteroatoms. The Balaban J connectivity index is 2.00. The van der Waals surface area contributed by atoms with Crippen LogP contribution in [0.2, 0.25) is 5.02 Å². The lowest BCUT2D eigenvalue weighted by molar-refractivity contribution is 0.0973. The molecule has 2 unspecified atom stereocenters. The molecule has 100 valence electrons. The number of halogens is 1. The smallest absolute Gasteiger partial charge is 0.0408 e. The summed E-state index contributed by atoms with van der Waals surface area (Å²) in [5, 5.41) is 0.786. The summed E-state index contributed by atoms with van der Waals surface area (Å²) in [4.78, 5) is 4.72. The highest BCUT2D eigenvalue weighted by molar-refractivity contribution is 6.30. The molecular formula is C14H22ClN3. The minimum Gasteiger partial charge on any atom is -0.326 e. The van der Waals surface area contributed by atoms with Crippen LogP contribution in [0.1, 0.15) is 5.56 Å². The van der Waals surface area contributed by atoms with E-state index in [1.807, 2.05) is 18.2 Å². The summed E-state index contributed by atoms with van der Waals surface area (Å²) >= 11 is 6.01. The molecule has 0 bridgehead atoms. The Labute approximate surface area is 115 Å². The molecule has 3 nitrogen and oxygen atoms in total. The average molecular weight is 268 g/mol. The van der Waals surface area contributed by atoms with Crippen molar-refractivity contribution >= 4 is 11.6 Å². The van der Waals surface area contributed by atoms with Crippen LogP contribution >= 0.6 is 11.6 Å². The highest BCUT2D eigenvalue weighted by atomic mass is 35.5. The number of rotatable bonds is 3. The predicted octanol–water partition coefficient (Wildman–Crippen LogP) is 1.46. The Kier molecular flexibility index (Phi) is 4.62. The van der Waals surface area contributed by atoms with E-state index in [0.29, 0.717) is 6.04 Å². The monoisotopic (exact) mass is 267 g/mol. The van der Waals surface area contributed by atoms with Crippen molar-refractivity contribution in [3.8, 4) is 0 Å². The van der Waals surface area contributed by atoms with Gasteiger partial charge in [0.15, 0.2) is 0 Å². The van der Waals surface area contributed by atoms with Gasteiger partial charge in [-0.1, -0.05) is 23.7 Å². The van der Waals surface area contributed by atoms with Crippen LogP contribution in [0.4, 0.5) is 0 Å². The molecule has 1 heterocycles. The zero-order valence-corrected chi connectivity index (χ0v) is 11.9. The number of hydrogen-bond donors (Lipinski definition) is 1. The molecule has 0 amide bonds. The zero-order valence-electron chi connectivity index (χ0n) is 11.1. The van der Waals surface area contributed by atoms with Crippen molar-refractivity contribution in [3.05, 3.63) is 34.9 Å². The lowest BCUT2D eigenvalue weighted by atomic mass is 9.97. The Hall–Kier alpha value is -0.610. The highest BCUT2D eigenvalue weighted by Crippen LogP contribution is 2.15. The van der Waals surface area contributed by atoms with Gasteiger partial charge in [-0.05, 0) is 38.2 Å². The summed E-state index contributed by atoms with van der Waals surface area (Å²) in [6, 6.07) is 8.56. The number of benzene rings is 1. The van der Waals surface area contributed by atoms with Crippen LogP contribution in [-0.2, 0) is 6.42 Å². The average Bonchev–Trinajstić information content (AvgIpc) is 2.32. The number of likely N-dealkylation sites (N-methyl/N-ethyl adjacent to an activating group) is 2. The van der Waals surface area contributed by atoms with E-state index >= 15 is 0 Å². The lowest BCUT2D eigenvalue weighted by Crippen LogP contribution is -2.58. The molecule has 2 rings (SSSR count). The third kappa shape index (κ3) is 3.45. The SMILES string of the molecule is CN1CCN(C)C(C(N)Cc2cccc(Cl)c2)C1. The van der Waals surface area contributed by atoms with Crippen molar-refractivity contribution in [3.63, 3.8) is 0 Å². The molecule has 1 aliphatic heterocycles. The molecule has 1 aliphatic rings. The van der Waals surface area contributed by atoms with E-state index in [-0.39, 0.29) is 6.04 Å². The van der Waals surface area contributed by atoms with Gasteiger partial charge in [-0.3, -0.25) is 4.90 Å². The number of nitrogens with zero attached hydrogens (tertiary/aromatic N) is 2. The van der Waals surface area contributed by atoms with Gasteiger partial charge >= 0.3 is 0 Å². The third-order valence-electron chi connectivity index (χ3n) is 3.75. The van der Waals surface area contributed by atoms with E-state index < -0.39 is 0 Å². The maximum atomic E-state index is 6.37. The molecule has 0 aliphatic carbocycles. The first-order chi connectivity index (χ1) is 8.56. The largest absolute Gasteiger partial charge is 0.326 e. The zero-order chi connectivity index (χ0) is 13.1. The van der Waals surface area contributed by atoms with Crippen LogP contribution in [0, 0.1) is 0 Å². The molecule has 2 atom stereocenters. The van der Waals surface area contributed by atoms with E-state index in [1.165, 1.54) is 5.56 Å². The van der Waals surface area contributed by atoms with Crippen LogP contribution in [-0.4, -0.2) is 55.6 Å². The van der Waals surface area contributed by atoms with Crippen LogP contribution in [0.3, 0.4) is 0 Å². The Morgan fingerprint density at radius 2 is 2.17 bits per heavy atom. The number of piperazine rings is 1. The van der Waals surface area contributed by atoms with Gasteiger partial charge in [-0.25, -0.2) is 0 Å². The maximum absolute atomic E-state index is 6.37. The van der Waals surface area contributed by atoms with Gasteiger partial charge in [0, 0.05) is 36.7 Å². The van der Waals surface area contributed by atoms with Gasteiger partial charge in [0.25, 0.3) is 0 Å². The van der Waals surface area contributed by atoms with Crippen LogP contribution < -0.4 is 5.73 Å². The molecule has 18 heavy (non-hydrogen) atoms. The van der Waals surface area contributed by atoms with Crippen LogP contribution in [0.15, 0.2) is 24.3 Å². The molecule has 1 aromatic rings. The number of hydrogen-bond acceptors (Lipinski definition) is 3. The third-order valence-corrected chi connectivity index (χ3v) is 3.99. The van der Waals surface area contributed by atoms with E-state index in [0.717, 1.165) is 31.1 Å². The summed E-state index contributed by atoms with van der Waals surface area (Å²) in [6.07, 6.45) is 0.878. The topological polar surface area (TPSA) is 32.5 Å². The molecule has 2 N–H and O–H groups in total. The second-order valence-corrected chi connectivity index (χ2v) is 5.74. The van der Waals surface area contributed by atoms with Crippen molar-refractivity contribution in [2.75, 3.05) is 33.7 Å².